The molecule has 8 heavy (non-hydrogen) atoms. The van der Waals surface area contributed by atoms with Gasteiger partial charge in [0.2, 0.25) is 0 Å². The van der Waals surface area contributed by atoms with Crippen molar-refractivity contribution in [3.8, 4) is 0 Å². The molecule has 0 aliphatic heterocycles. The van der Waals surface area contributed by atoms with Gasteiger partial charge in [-0.3, -0.25) is 0 Å². The van der Waals surface area contributed by atoms with E-state index in [2.05, 4.69) is 6.92 Å². The predicted molar refractivity (Wildman–Crippen MR) is 35.5 cm³/mol. The Kier molecular flexibility index (Phi) is 33.1. The van der Waals surface area contributed by atoms with Crippen LogP contribution in [0, 0.1) is 0 Å². The van der Waals surface area contributed by atoms with Crippen LogP contribution in [-0.2, 0) is 0 Å². The molecule has 0 saturated carbocycles. The average Bonchev–Trinajstić information content (AvgIpc) is 1.61. The molecule has 1 atom stereocenters. The summed E-state index contributed by atoms with van der Waals surface area (Å²) in [5, 5.41) is 9.69. The molecule has 0 bridgehead atoms. The summed E-state index contributed by atoms with van der Waals surface area (Å²) in [7, 11) is 0. The summed E-state index contributed by atoms with van der Waals surface area (Å²) in [6.07, 6.45) is 3.11. The first kappa shape index (κ1) is 16.5. The molecule has 0 aromatic heterocycles. The molecular weight excluding hydrogens is 146 g/mol. The molecule has 0 fully saturated rings. The van der Waals surface area contributed by atoms with Crippen molar-refractivity contribution in [2.75, 3.05) is 6.61 Å². The van der Waals surface area contributed by atoms with Gasteiger partial charge in [0.15, 0.2) is 0 Å². The number of hydrogen-bond acceptors (Lipinski definition) is 1. The maximum absolute atomic E-state index is 9.69. The summed E-state index contributed by atoms with van der Waals surface area (Å²) in [4.78, 5) is 0. The minimum atomic E-state index is 0. The van der Waals surface area contributed by atoms with Crippen LogP contribution >= 0.6 is 9.90 Å². The molecule has 0 heterocycles. The van der Waals surface area contributed by atoms with E-state index >= 15 is 0 Å². The van der Waals surface area contributed by atoms with E-state index < -0.39 is 0 Å². The van der Waals surface area contributed by atoms with Gasteiger partial charge in [-0.05, 0) is 0 Å². The SMILES string of the molecule is CCCCC[O-].P.[K+]. The molecule has 0 rings (SSSR count). The van der Waals surface area contributed by atoms with E-state index in [1.54, 1.807) is 0 Å². The number of hydrogen-bond donors (Lipinski definition) is 0. The van der Waals surface area contributed by atoms with Gasteiger partial charge in [0.1, 0.15) is 0 Å². The van der Waals surface area contributed by atoms with E-state index in [-0.39, 0.29) is 67.9 Å². The van der Waals surface area contributed by atoms with E-state index in [1.807, 2.05) is 0 Å². The topological polar surface area (TPSA) is 23.1 Å². The summed E-state index contributed by atoms with van der Waals surface area (Å²) in [5.41, 5.74) is 0. The van der Waals surface area contributed by atoms with Crippen LogP contribution in [0.25, 0.3) is 0 Å². The molecule has 0 aromatic carbocycles. The van der Waals surface area contributed by atoms with Gasteiger partial charge in [-0.2, -0.15) is 9.90 Å². The van der Waals surface area contributed by atoms with Gasteiger partial charge in [0, 0.05) is 0 Å². The Labute approximate surface area is 97.7 Å². The zero-order valence-corrected chi connectivity index (χ0v) is 10.5. The summed E-state index contributed by atoms with van der Waals surface area (Å²) < 4.78 is 0. The van der Waals surface area contributed by atoms with Crippen LogP contribution in [0.2, 0.25) is 0 Å². The molecule has 0 amide bonds. The van der Waals surface area contributed by atoms with Crippen molar-refractivity contribution in [3.63, 3.8) is 0 Å². The van der Waals surface area contributed by atoms with Gasteiger partial charge in [-0.15, -0.1) is 6.61 Å². The Hall–Kier alpha value is 2.03. The minimum absolute atomic E-state index is 0. The molecule has 0 N–H and O–H groups in total. The second kappa shape index (κ2) is 16.0. The third-order valence-corrected chi connectivity index (χ3v) is 0.748. The van der Waals surface area contributed by atoms with Crippen molar-refractivity contribution in [1.29, 1.82) is 0 Å². The normalized spacial score (nSPS) is 6.75. The van der Waals surface area contributed by atoms with Gasteiger partial charge in [-0.1, -0.05) is 26.2 Å². The quantitative estimate of drug-likeness (QED) is 0.256. The fourth-order valence-corrected chi connectivity index (χ4v) is 0.352. The van der Waals surface area contributed by atoms with Gasteiger partial charge < -0.3 is 5.11 Å². The van der Waals surface area contributed by atoms with Crippen molar-refractivity contribution in [3.05, 3.63) is 0 Å². The average molecular weight is 160 g/mol. The number of rotatable bonds is 3. The first-order valence-electron chi connectivity index (χ1n) is 2.50. The van der Waals surface area contributed by atoms with Crippen LogP contribution in [0.15, 0.2) is 0 Å². The standard InChI is InChI=1S/C5H11O.K.H3P/c1-2-3-4-5-6;;/h2-5H2,1H3;;1H3/q-1;+1;. The van der Waals surface area contributed by atoms with Crippen LogP contribution in [-0.4, -0.2) is 6.61 Å². The van der Waals surface area contributed by atoms with Crippen LogP contribution < -0.4 is 56.5 Å². The molecule has 1 nitrogen and oxygen atoms in total. The largest absolute Gasteiger partial charge is 1.00 e. The summed E-state index contributed by atoms with van der Waals surface area (Å²) in [6, 6.07) is 0. The van der Waals surface area contributed by atoms with E-state index in [0.29, 0.717) is 0 Å². The van der Waals surface area contributed by atoms with Crippen molar-refractivity contribution >= 4 is 9.90 Å². The van der Waals surface area contributed by atoms with Crippen molar-refractivity contribution < 1.29 is 56.5 Å². The molecule has 0 aromatic rings. The Balaban J connectivity index is -0.000000125. The van der Waals surface area contributed by atoms with E-state index in [4.69, 9.17) is 0 Å². The molecule has 3 heteroatoms. The first-order valence-corrected chi connectivity index (χ1v) is 2.50. The third-order valence-electron chi connectivity index (χ3n) is 0.748. The van der Waals surface area contributed by atoms with E-state index in [1.165, 1.54) is 0 Å². The molecule has 1 unspecified atom stereocenters. The van der Waals surface area contributed by atoms with Gasteiger partial charge in [-0.25, -0.2) is 0 Å². The minimum Gasteiger partial charge on any atom is -0.854 e. The van der Waals surface area contributed by atoms with Gasteiger partial charge in [0.25, 0.3) is 0 Å². The molecule has 46 valence electrons. The smallest absolute Gasteiger partial charge is 0.854 e. The summed E-state index contributed by atoms with van der Waals surface area (Å²) >= 11 is 0. The zero-order chi connectivity index (χ0) is 4.83. The van der Waals surface area contributed by atoms with Crippen molar-refractivity contribution in [2.45, 2.75) is 26.2 Å². The second-order valence-electron chi connectivity index (χ2n) is 1.41. The number of unbranched alkanes of at least 4 members (excludes halogenated alkanes) is 2. The zero-order valence-electron chi connectivity index (χ0n) is 5.94. The van der Waals surface area contributed by atoms with Crippen molar-refractivity contribution in [2.24, 2.45) is 0 Å². The van der Waals surface area contributed by atoms with Crippen LogP contribution in [0.5, 0.6) is 0 Å². The maximum atomic E-state index is 9.69. The Morgan fingerprint density at radius 3 is 1.88 bits per heavy atom. The molecular formula is C5H14KOP. The predicted octanol–water partition coefficient (Wildman–Crippen LogP) is -2.40. The molecule has 0 radical (unpaired) electrons. The van der Waals surface area contributed by atoms with Crippen LogP contribution in [0.4, 0.5) is 0 Å². The monoisotopic (exact) mass is 160 g/mol. The van der Waals surface area contributed by atoms with E-state index in [0.717, 1.165) is 19.3 Å². The maximum Gasteiger partial charge on any atom is 1.00 e. The Morgan fingerprint density at radius 2 is 1.75 bits per heavy atom. The van der Waals surface area contributed by atoms with Crippen LogP contribution in [0.1, 0.15) is 26.2 Å². The fraction of sp³-hybridized carbons (Fsp3) is 1.00. The summed E-state index contributed by atoms with van der Waals surface area (Å²) in [5.74, 6) is 0. The molecule has 0 aliphatic carbocycles. The summed E-state index contributed by atoms with van der Waals surface area (Å²) in [6.45, 7) is 2.20. The molecule has 0 saturated heterocycles. The van der Waals surface area contributed by atoms with Crippen molar-refractivity contribution in [1.82, 2.24) is 0 Å². The molecule has 0 aliphatic rings. The molecule has 0 spiro atoms. The Bertz CT molecular complexity index is 24.4. The second-order valence-corrected chi connectivity index (χ2v) is 1.41. The fourth-order valence-electron chi connectivity index (χ4n) is 0.352. The first-order chi connectivity index (χ1) is 2.91. The van der Waals surface area contributed by atoms with E-state index in [9.17, 15) is 5.11 Å². The van der Waals surface area contributed by atoms with Crippen LogP contribution in [0.3, 0.4) is 0 Å². The Morgan fingerprint density at radius 1 is 1.25 bits per heavy atom. The van der Waals surface area contributed by atoms with Gasteiger partial charge in [0.05, 0.1) is 0 Å². The third kappa shape index (κ3) is 15.7. The van der Waals surface area contributed by atoms with Gasteiger partial charge >= 0.3 is 51.4 Å².